The molecular weight excluding hydrogens is 282 g/mol. The van der Waals surface area contributed by atoms with Crippen molar-refractivity contribution in [2.45, 2.75) is 45.6 Å². The summed E-state index contributed by atoms with van der Waals surface area (Å²) in [6.07, 6.45) is 4.46. The van der Waals surface area contributed by atoms with Gasteiger partial charge in [-0.3, -0.25) is 9.69 Å². The van der Waals surface area contributed by atoms with Crippen molar-refractivity contribution in [1.29, 1.82) is 0 Å². The molecule has 2 heterocycles. The molecule has 0 aliphatic carbocycles. The summed E-state index contributed by atoms with van der Waals surface area (Å²) in [5.41, 5.74) is 0. The van der Waals surface area contributed by atoms with Crippen LogP contribution < -0.4 is 0 Å². The Hall–Kier alpha value is -1.30. The molecule has 2 amide bonds. The molecule has 0 N–H and O–H groups in total. The van der Waals surface area contributed by atoms with E-state index in [4.69, 9.17) is 4.74 Å². The number of hydrogen-bond acceptors (Lipinski definition) is 4. The Morgan fingerprint density at radius 3 is 2.05 bits per heavy atom. The highest BCUT2D eigenvalue weighted by Crippen LogP contribution is 2.14. The van der Waals surface area contributed by atoms with Crippen LogP contribution in [0.2, 0.25) is 0 Å². The van der Waals surface area contributed by atoms with E-state index in [9.17, 15) is 9.59 Å². The van der Waals surface area contributed by atoms with E-state index >= 15 is 0 Å². The number of nitrogens with zero attached hydrogens (tertiary/aromatic N) is 3. The summed E-state index contributed by atoms with van der Waals surface area (Å²) in [5.74, 6) is 0.242. The first-order chi connectivity index (χ1) is 10.6. The van der Waals surface area contributed by atoms with Gasteiger partial charge in [0.05, 0.1) is 12.6 Å². The number of amides is 2. The van der Waals surface area contributed by atoms with Gasteiger partial charge in [0, 0.05) is 39.3 Å². The van der Waals surface area contributed by atoms with Crippen LogP contribution in [0.25, 0.3) is 0 Å². The number of likely N-dealkylation sites (tertiary alicyclic amines) is 1. The molecule has 0 aromatic heterocycles. The van der Waals surface area contributed by atoms with Crippen LogP contribution in [0.1, 0.15) is 39.5 Å². The molecule has 2 aliphatic heterocycles. The molecule has 6 nitrogen and oxygen atoms in total. The van der Waals surface area contributed by atoms with E-state index in [0.717, 1.165) is 39.0 Å². The van der Waals surface area contributed by atoms with Gasteiger partial charge in [-0.25, -0.2) is 4.79 Å². The van der Waals surface area contributed by atoms with Crippen molar-refractivity contribution < 1.29 is 14.3 Å². The fourth-order valence-electron chi connectivity index (χ4n) is 3.22. The van der Waals surface area contributed by atoms with Crippen LogP contribution in [0, 0.1) is 0 Å². The van der Waals surface area contributed by atoms with Gasteiger partial charge in [-0.1, -0.05) is 12.8 Å². The minimum atomic E-state index is -0.242. The molecule has 126 valence electrons. The van der Waals surface area contributed by atoms with Gasteiger partial charge in [0.15, 0.2) is 0 Å². The fraction of sp³-hybridized carbons (Fsp3) is 0.875. The van der Waals surface area contributed by atoms with Crippen LogP contribution in [-0.2, 0) is 9.53 Å². The average Bonchev–Trinajstić information content (AvgIpc) is 2.83. The molecule has 0 aromatic rings. The quantitative estimate of drug-likeness (QED) is 0.793. The van der Waals surface area contributed by atoms with Crippen molar-refractivity contribution in [3.05, 3.63) is 0 Å². The third-order valence-corrected chi connectivity index (χ3v) is 4.66. The summed E-state index contributed by atoms with van der Waals surface area (Å²) in [7, 11) is 0. The second-order valence-electron chi connectivity index (χ2n) is 6.14. The normalized spacial score (nSPS) is 22.1. The summed E-state index contributed by atoms with van der Waals surface area (Å²) in [4.78, 5) is 30.3. The lowest BCUT2D eigenvalue weighted by atomic mass is 10.2. The smallest absolute Gasteiger partial charge is 0.409 e. The third kappa shape index (κ3) is 4.35. The number of carbonyl (C=O) groups excluding carboxylic acids is 2. The van der Waals surface area contributed by atoms with E-state index in [2.05, 4.69) is 4.90 Å². The zero-order chi connectivity index (χ0) is 15.9. The standard InChI is InChI=1S/C16H29N3O3/c1-3-22-16(21)19-12-10-17(11-13-19)14(2)15(20)18-8-6-4-5-7-9-18/h14H,3-13H2,1-2H3/t14-/m1/s1. The predicted octanol–water partition coefficient (Wildman–Crippen LogP) is 1.55. The fourth-order valence-corrected chi connectivity index (χ4v) is 3.22. The van der Waals surface area contributed by atoms with E-state index < -0.39 is 0 Å². The Morgan fingerprint density at radius 2 is 1.50 bits per heavy atom. The van der Waals surface area contributed by atoms with Gasteiger partial charge >= 0.3 is 6.09 Å². The van der Waals surface area contributed by atoms with E-state index in [1.54, 1.807) is 4.90 Å². The van der Waals surface area contributed by atoms with Crippen LogP contribution in [0.3, 0.4) is 0 Å². The molecule has 0 spiro atoms. The largest absolute Gasteiger partial charge is 0.450 e. The summed E-state index contributed by atoms with van der Waals surface area (Å²) in [6, 6.07) is -0.0950. The first-order valence-corrected chi connectivity index (χ1v) is 8.58. The zero-order valence-electron chi connectivity index (χ0n) is 13.9. The van der Waals surface area contributed by atoms with Gasteiger partial charge in [-0.2, -0.15) is 0 Å². The predicted molar refractivity (Wildman–Crippen MR) is 84.7 cm³/mol. The second kappa shape index (κ2) is 8.36. The van der Waals surface area contributed by atoms with E-state index in [1.807, 2.05) is 18.7 Å². The van der Waals surface area contributed by atoms with Crippen LogP contribution >= 0.6 is 0 Å². The number of piperazine rings is 1. The van der Waals surface area contributed by atoms with E-state index in [-0.39, 0.29) is 18.0 Å². The second-order valence-corrected chi connectivity index (χ2v) is 6.14. The average molecular weight is 311 g/mol. The molecule has 2 aliphatic rings. The molecule has 1 atom stereocenters. The highest BCUT2D eigenvalue weighted by molar-refractivity contribution is 5.81. The number of ether oxygens (including phenoxy) is 1. The minimum absolute atomic E-state index is 0.0950. The van der Waals surface area contributed by atoms with Crippen LogP contribution in [0.4, 0.5) is 4.79 Å². The maximum Gasteiger partial charge on any atom is 0.409 e. The Kier molecular flexibility index (Phi) is 6.49. The van der Waals surface area contributed by atoms with Crippen LogP contribution in [-0.4, -0.2) is 78.6 Å². The van der Waals surface area contributed by atoms with Gasteiger partial charge < -0.3 is 14.5 Å². The SMILES string of the molecule is CCOC(=O)N1CCN([C@H](C)C(=O)N2CCCCCC2)CC1. The number of carbonyl (C=O) groups is 2. The topological polar surface area (TPSA) is 53.1 Å². The Balaban J connectivity index is 1.82. The first kappa shape index (κ1) is 17.1. The zero-order valence-corrected chi connectivity index (χ0v) is 13.9. The highest BCUT2D eigenvalue weighted by atomic mass is 16.6. The highest BCUT2D eigenvalue weighted by Gasteiger charge is 2.30. The molecule has 2 rings (SSSR count). The molecular formula is C16H29N3O3. The Bertz CT molecular complexity index is 373. The Morgan fingerprint density at radius 1 is 0.909 bits per heavy atom. The van der Waals surface area contributed by atoms with Crippen molar-refractivity contribution in [1.82, 2.24) is 14.7 Å². The summed E-state index contributed by atoms with van der Waals surface area (Å²) in [6.45, 7) is 8.75. The monoisotopic (exact) mass is 311 g/mol. The van der Waals surface area contributed by atoms with Gasteiger partial charge in [-0.05, 0) is 26.7 Å². The maximum absolute atomic E-state index is 12.6. The van der Waals surface area contributed by atoms with Crippen molar-refractivity contribution in [2.24, 2.45) is 0 Å². The van der Waals surface area contributed by atoms with Crippen molar-refractivity contribution in [3.63, 3.8) is 0 Å². The first-order valence-electron chi connectivity index (χ1n) is 8.58. The van der Waals surface area contributed by atoms with Gasteiger partial charge in [0.25, 0.3) is 0 Å². The van der Waals surface area contributed by atoms with Crippen molar-refractivity contribution in [3.8, 4) is 0 Å². The molecule has 0 bridgehead atoms. The molecule has 6 heteroatoms. The summed E-state index contributed by atoms with van der Waals surface area (Å²) in [5, 5.41) is 0. The maximum atomic E-state index is 12.6. The molecule has 22 heavy (non-hydrogen) atoms. The lowest BCUT2D eigenvalue weighted by Gasteiger charge is -2.38. The lowest BCUT2D eigenvalue weighted by molar-refractivity contribution is -0.137. The number of rotatable bonds is 3. The number of hydrogen-bond donors (Lipinski definition) is 0. The molecule has 0 unspecified atom stereocenters. The summed E-state index contributed by atoms with van der Waals surface area (Å²) >= 11 is 0. The Labute approximate surface area is 133 Å². The summed E-state index contributed by atoms with van der Waals surface area (Å²) < 4.78 is 5.03. The van der Waals surface area contributed by atoms with Gasteiger partial charge in [0.2, 0.25) is 5.91 Å². The third-order valence-electron chi connectivity index (χ3n) is 4.66. The molecule has 0 saturated carbocycles. The molecule has 2 fully saturated rings. The molecule has 0 aromatic carbocycles. The van der Waals surface area contributed by atoms with E-state index in [0.29, 0.717) is 19.7 Å². The van der Waals surface area contributed by atoms with Gasteiger partial charge in [0.1, 0.15) is 0 Å². The van der Waals surface area contributed by atoms with Crippen molar-refractivity contribution in [2.75, 3.05) is 45.9 Å². The lowest BCUT2D eigenvalue weighted by Crippen LogP contribution is -2.55. The molecule has 0 radical (unpaired) electrons. The minimum Gasteiger partial charge on any atom is -0.450 e. The van der Waals surface area contributed by atoms with E-state index in [1.165, 1.54) is 12.8 Å². The van der Waals surface area contributed by atoms with Crippen LogP contribution in [0.5, 0.6) is 0 Å². The van der Waals surface area contributed by atoms with Crippen molar-refractivity contribution >= 4 is 12.0 Å². The van der Waals surface area contributed by atoms with Gasteiger partial charge in [-0.15, -0.1) is 0 Å². The van der Waals surface area contributed by atoms with Crippen LogP contribution in [0.15, 0.2) is 0 Å². The molecule has 2 saturated heterocycles.